The summed E-state index contributed by atoms with van der Waals surface area (Å²) in [5, 5.41) is 9.59. The first-order valence-corrected chi connectivity index (χ1v) is 6.92. The summed E-state index contributed by atoms with van der Waals surface area (Å²) in [6, 6.07) is 4.81. The number of carboxylic acid groups (broad SMARTS) is 1. The molecule has 0 aliphatic heterocycles. The number of rotatable bonds is 4. The zero-order valence-corrected chi connectivity index (χ0v) is 12.2. The van der Waals surface area contributed by atoms with Crippen molar-refractivity contribution in [3.8, 4) is 5.75 Å². The van der Waals surface area contributed by atoms with Gasteiger partial charge in [-0.25, -0.2) is 0 Å². The molecule has 0 spiro atoms. The van der Waals surface area contributed by atoms with Crippen molar-refractivity contribution in [1.29, 1.82) is 0 Å². The lowest BCUT2D eigenvalue weighted by molar-refractivity contribution is -0.142. The first kappa shape index (κ1) is 14.9. The molecular weight excluding hydrogens is 280 g/mol. The van der Waals surface area contributed by atoms with Gasteiger partial charge in [0, 0.05) is 11.5 Å². The minimum absolute atomic E-state index is 0.147. The minimum Gasteiger partial charge on any atom is -0.495 e. The van der Waals surface area contributed by atoms with E-state index in [1.165, 1.54) is 7.11 Å². The number of hydrogen-bond acceptors (Lipinski definition) is 3. The molecule has 20 heavy (non-hydrogen) atoms. The molecule has 1 aromatic rings. The molecule has 1 aliphatic carbocycles. The third-order valence-electron chi connectivity index (χ3n) is 3.89. The maximum Gasteiger partial charge on any atom is 0.307 e. The van der Waals surface area contributed by atoms with E-state index in [-0.39, 0.29) is 11.7 Å². The second-order valence-electron chi connectivity index (χ2n) is 5.34. The summed E-state index contributed by atoms with van der Waals surface area (Å²) in [5.41, 5.74) is 0.446. The number of ketones is 1. The number of ether oxygens (including phenoxy) is 1. The van der Waals surface area contributed by atoms with Gasteiger partial charge in [0.25, 0.3) is 0 Å². The Balaban J connectivity index is 2.26. The summed E-state index contributed by atoms with van der Waals surface area (Å²) in [6.45, 7) is 1.98. The molecule has 1 aliphatic rings. The van der Waals surface area contributed by atoms with E-state index in [4.69, 9.17) is 16.3 Å². The van der Waals surface area contributed by atoms with E-state index in [0.717, 1.165) is 0 Å². The molecule has 1 fully saturated rings. The molecule has 3 unspecified atom stereocenters. The Morgan fingerprint density at radius 2 is 1.95 bits per heavy atom. The Kier molecular flexibility index (Phi) is 4.33. The van der Waals surface area contributed by atoms with Crippen LogP contribution in [0, 0.1) is 17.8 Å². The van der Waals surface area contributed by atoms with Gasteiger partial charge in [-0.1, -0.05) is 18.5 Å². The Morgan fingerprint density at radius 1 is 1.30 bits per heavy atom. The number of carbonyl (C=O) groups is 2. The molecule has 0 aromatic heterocycles. The molecule has 0 saturated heterocycles. The first-order valence-electron chi connectivity index (χ1n) is 6.54. The molecule has 1 saturated carbocycles. The van der Waals surface area contributed by atoms with Crippen molar-refractivity contribution in [2.45, 2.75) is 19.8 Å². The fourth-order valence-electron chi connectivity index (χ4n) is 2.89. The zero-order chi connectivity index (χ0) is 14.9. The highest BCUT2D eigenvalue weighted by atomic mass is 35.5. The standard InChI is InChI=1S/C15H17ClO4/c1-8-5-10(11(6-8)15(18)19)14(17)9-3-4-13(20-2)12(16)7-9/h3-4,7-8,10-11H,5-6H2,1-2H3,(H,18,19). The molecule has 0 heterocycles. The van der Waals surface area contributed by atoms with Gasteiger partial charge in [0.1, 0.15) is 5.75 Å². The van der Waals surface area contributed by atoms with Crippen LogP contribution < -0.4 is 4.74 Å². The van der Waals surface area contributed by atoms with Crippen molar-refractivity contribution >= 4 is 23.4 Å². The topological polar surface area (TPSA) is 63.6 Å². The van der Waals surface area contributed by atoms with Gasteiger partial charge in [0.05, 0.1) is 18.1 Å². The Labute approximate surface area is 122 Å². The average Bonchev–Trinajstić information content (AvgIpc) is 2.80. The number of halogens is 1. The van der Waals surface area contributed by atoms with Crippen molar-refractivity contribution in [2.75, 3.05) is 7.11 Å². The van der Waals surface area contributed by atoms with E-state index < -0.39 is 17.8 Å². The summed E-state index contributed by atoms with van der Waals surface area (Å²) >= 11 is 6.01. The van der Waals surface area contributed by atoms with Crippen molar-refractivity contribution in [2.24, 2.45) is 17.8 Å². The molecular formula is C15H17ClO4. The second-order valence-corrected chi connectivity index (χ2v) is 5.75. The number of aliphatic carboxylic acids is 1. The van der Waals surface area contributed by atoms with Gasteiger partial charge in [-0.3, -0.25) is 9.59 Å². The lowest BCUT2D eigenvalue weighted by Crippen LogP contribution is -2.25. The fraction of sp³-hybridized carbons (Fsp3) is 0.467. The normalized spacial score (nSPS) is 25.4. The monoisotopic (exact) mass is 296 g/mol. The van der Waals surface area contributed by atoms with E-state index in [9.17, 15) is 14.7 Å². The zero-order valence-electron chi connectivity index (χ0n) is 11.4. The summed E-state index contributed by atoms with van der Waals surface area (Å²) in [4.78, 5) is 23.8. The van der Waals surface area contributed by atoms with Crippen LogP contribution in [-0.4, -0.2) is 24.0 Å². The molecule has 1 N–H and O–H groups in total. The van der Waals surface area contributed by atoms with Crippen LogP contribution >= 0.6 is 11.6 Å². The van der Waals surface area contributed by atoms with E-state index in [0.29, 0.717) is 29.2 Å². The molecule has 0 amide bonds. The van der Waals surface area contributed by atoms with Gasteiger partial charge in [0.2, 0.25) is 0 Å². The van der Waals surface area contributed by atoms with Crippen LogP contribution in [0.25, 0.3) is 0 Å². The van der Waals surface area contributed by atoms with Crippen molar-refractivity contribution in [3.05, 3.63) is 28.8 Å². The number of carbonyl (C=O) groups excluding carboxylic acids is 1. The summed E-state index contributed by atoms with van der Waals surface area (Å²) in [7, 11) is 1.50. The molecule has 3 atom stereocenters. The van der Waals surface area contributed by atoms with Crippen molar-refractivity contribution in [3.63, 3.8) is 0 Å². The van der Waals surface area contributed by atoms with Crippen LogP contribution in [0.15, 0.2) is 18.2 Å². The van der Waals surface area contributed by atoms with Gasteiger partial charge in [0.15, 0.2) is 5.78 Å². The van der Waals surface area contributed by atoms with Gasteiger partial charge < -0.3 is 9.84 Å². The molecule has 0 bridgehead atoms. The van der Waals surface area contributed by atoms with Crippen LogP contribution in [0.1, 0.15) is 30.1 Å². The Morgan fingerprint density at radius 3 is 2.50 bits per heavy atom. The Hall–Kier alpha value is -1.55. The van der Waals surface area contributed by atoms with Crippen molar-refractivity contribution < 1.29 is 19.4 Å². The molecule has 5 heteroatoms. The van der Waals surface area contributed by atoms with E-state index in [2.05, 4.69) is 0 Å². The van der Waals surface area contributed by atoms with Crippen LogP contribution in [0.3, 0.4) is 0 Å². The highest BCUT2D eigenvalue weighted by Crippen LogP contribution is 2.39. The van der Waals surface area contributed by atoms with E-state index in [1.54, 1.807) is 18.2 Å². The quantitative estimate of drug-likeness (QED) is 0.866. The highest BCUT2D eigenvalue weighted by Gasteiger charge is 2.41. The number of hydrogen-bond donors (Lipinski definition) is 1. The third-order valence-corrected chi connectivity index (χ3v) is 4.18. The molecule has 2 rings (SSSR count). The summed E-state index contributed by atoms with van der Waals surface area (Å²) in [5.74, 6) is -1.36. The minimum atomic E-state index is -0.896. The lowest BCUT2D eigenvalue weighted by Gasteiger charge is -2.15. The largest absolute Gasteiger partial charge is 0.495 e. The van der Waals surface area contributed by atoms with Crippen molar-refractivity contribution in [1.82, 2.24) is 0 Å². The number of Topliss-reactive ketones (excluding diaryl/α,β-unsaturated/α-hetero) is 1. The summed E-state index contributed by atoms with van der Waals surface area (Å²) < 4.78 is 5.04. The lowest BCUT2D eigenvalue weighted by atomic mass is 9.88. The SMILES string of the molecule is COc1ccc(C(=O)C2CC(C)CC2C(=O)O)cc1Cl. The van der Waals surface area contributed by atoms with Gasteiger partial charge >= 0.3 is 5.97 Å². The van der Waals surface area contributed by atoms with E-state index >= 15 is 0 Å². The number of carboxylic acids is 1. The van der Waals surface area contributed by atoms with Gasteiger partial charge in [-0.15, -0.1) is 0 Å². The summed E-state index contributed by atoms with van der Waals surface area (Å²) in [6.07, 6.45) is 1.16. The third kappa shape index (κ3) is 2.80. The number of benzene rings is 1. The van der Waals surface area contributed by atoms with Crippen LogP contribution in [-0.2, 0) is 4.79 Å². The average molecular weight is 297 g/mol. The second kappa shape index (κ2) is 5.83. The van der Waals surface area contributed by atoms with E-state index in [1.807, 2.05) is 6.92 Å². The molecule has 0 radical (unpaired) electrons. The molecule has 1 aromatic carbocycles. The Bertz CT molecular complexity index is 541. The number of methoxy groups -OCH3 is 1. The first-order chi connectivity index (χ1) is 9.43. The molecule has 4 nitrogen and oxygen atoms in total. The fourth-order valence-corrected chi connectivity index (χ4v) is 3.15. The van der Waals surface area contributed by atoms with Crippen LogP contribution in [0.5, 0.6) is 5.75 Å². The van der Waals surface area contributed by atoms with Gasteiger partial charge in [-0.2, -0.15) is 0 Å². The maximum absolute atomic E-state index is 12.5. The maximum atomic E-state index is 12.5. The predicted octanol–water partition coefficient (Wildman–Crippen LogP) is 3.28. The predicted molar refractivity (Wildman–Crippen MR) is 75.3 cm³/mol. The van der Waals surface area contributed by atoms with Crippen LogP contribution in [0.2, 0.25) is 5.02 Å². The molecule has 108 valence electrons. The van der Waals surface area contributed by atoms with Gasteiger partial charge in [-0.05, 0) is 37.0 Å². The van der Waals surface area contributed by atoms with Crippen LogP contribution in [0.4, 0.5) is 0 Å². The smallest absolute Gasteiger partial charge is 0.307 e. The highest BCUT2D eigenvalue weighted by molar-refractivity contribution is 6.32.